The Bertz CT molecular complexity index is 229. The quantitative estimate of drug-likeness (QED) is 0.743. The van der Waals surface area contributed by atoms with Gasteiger partial charge in [0.05, 0.1) is 0 Å². The standard InChI is InChI=1S/C11H19ClN2O/c12-8-11(15)13-9-4-3-5-10(9)14-6-1-2-7-14/h9-10H,1-8H2,(H,13,15)/t9-,10-/m0/s1. The van der Waals surface area contributed by atoms with Crippen molar-refractivity contribution < 1.29 is 4.79 Å². The number of hydrogen-bond donors (Lipinski definition) is 1. The fourth-order valence-corrected chi connectivity index (χ4v) is 2.94. The molecule has 1 saturated carbocycles. The third kappa shape index (κ3) is 2.64. The number of nitrogens with zero attached hydrogens (tertiary/aromatic N) is 1. The molecule has 0 aromatic rings. The highest BCUT2D eigenvalue weighted by Gasteiger charge is 2.33. The zero-order valence-corrected chi connectivity index (χ0v) is 9.80. The highest BCUT2D eigenvalue weighted by molar-refractivity contribution is 6.27. The number of amides is 1. The Balaban J connectivity index is 1.89. The zero-order chi connectivity index (χ0) is 10.7. The van der Waals surface area contributed by atoms with Gasteiger partial charge in [-0.15, -0.1) is 11.6 Å². The van der Waals surface area contributed by atoms with Crippen molar-refractivity contribution in [2.24, 2.45) is 0 Å². The lowest BCUT2D eigenvalue weighted by atomic mass is 10.1. The van der Waals surface area contributed by atoms with E-state index in [9.17, 15) is 4.79 Å². The summed E-state index contributed by atoms with van der Waals surface area (Å²) >= 11 is 5.51. The van der Waals surface area contributed by atoms with Crippen molar-refractivity contribution >= 4 is 17.5 Å². The Labute approximate surface area is 96.2 Å². The fraction of sp³-hybridized carbons (Fsp3) is 0.909. The molecule has 0 bridgehead atoms. The molecule has 2 fully saturated rings. The van der Waals surface area contributed by atoms with E-state index in [1.165, 1.54) is 38.8 Å². The summed E-state index contributed by atoms with van der Waals surface area (Å²) in [5.74, 6) is 0.0659. The van der Waals surface area contributed by atoms with Crippen LogP contribution < -0.4 is 5.32 Å². The first-order chi connectivity index (χ1) is 7.31. The highest BCUT2D eigenvalue weighted by atomic mass is 35.5. The van der Waals surface area contributed by atoms with E-state index in [1.807, 2.05) is 0 Å². The topological polar surface area (TPSA) is 32.3 Å². The van der Waals surface area contributed by atoms with Crippen LogP contribution in [-0.2, 0) is 4.79 Å². The SMILES string of the molecule is O=C(CCl)N[C@H]1CCC[C@@H]1N1CCCC1. The van der Waals surface area contributed by atoms with Crippen LogP contribution in [0.25, 0.3) is 0 Å². The number of likely N-dealkylation sites (tertiary alicyclic amines) is 1. The second-order valence-corrected chi connectivity index (χ2v) is 4.82. The van der Waals surface area contributed by atoms with Gasteiger partial charge in [0.15, 0.2) is 0 Å². The first-order valence-corrected chi connectivity index (χ1v) is 6.44. The van der Waals surface area contributed by atoms with Gasteiger partial charge in [-0.05, 0) is 45.2 Å². The van der Waals surface area contributed by atoms with Crippen LogP contribution in [0.5, 0.6) is 0 Å². The molecule has 0 aromatic carbocycles. The minimum Gasteiger partial charge on any atom is -0.351 e. The van der Waals surface area contributed by atoms with Crippen LogP contribution in [0.15, 0.2) is 0 Å². The van der Waals surface area contributed by atoms with Crippen LogP contribution in [0, 0.1) is 0 Å². The van der Waals surface area contributed by atoms with Crippen molar-refractivity contribution in [3.63, 3.8) is 0 Å². The van der Waals surface area contributed by atoms with Crippen LogP contribution in [0.4, 0.5) is 0 Å². The molecule has 0 unspecified atom stereocenters. The molecule has 4 heteroatoms. The van der Waals surface area contributed by atoms with Gasteiger partial charge in [-0.25, -0.2) is 0 Å². The maximum absolute atomic E-state index is 11.3. The molecule has 1 N–H and O–H groups in total. The Morgan fingerprint density at radius 1 is 1.27 bits per heavy atom. The summed E-state index contributed by atoms with van der Waals surface area (Å²) < 4.78 is 0. The van der Waals surface area contributed by atoms with E-state index in [0.717, 1.165) is 6.42 Å². The lowest BCUT2D eigenvalue weighted by molar-refractivity contribution is -0.119. The maximum atomic E-state index is 11.3. The van der Waals surface area contributed by atoms with E-state index in [4.69, 9.17) is 11.6 Å². The van der Waals surface area contributed by atoms with Gasteiger partial charge in [-0.1, -0.05) is 0 Å². The van der Waals surface area contributed by atoms with Crippen LogP contribution in [0.3, 0.4) is 0 Å². The Morgan fingerprint density at radius 3 is 2.67 bits per heavy atom. The summed E-state index contributed by atoms with van der Waals surface area (Å²) in [6.07, 6.45) is 6.20. The summed E-state index contributed by atoms with van der Waals surface area (Å²) in [6.45, 7) is 2.41. The number of halogens is 1. The predicted molar refractivity (Wildman–Crippen MR) is 61.1 cm³/mol. The molecule has 1 heterocycles. The smallest absolute Gasteiger partial charge is 0.235 e. The van der Waals surface area contributed by atoms with Gasteiger partial charge >= 0.3 is 0 Å². The minimum absolute atomic E-state index is 0.0206. The average molecular weight is 231 g/mol. The number of nitrogens with one attached hydrogen (secondary N) is 1. The van der Waals surface area contributed by atoms with Crippen LogP contribution in [0.1, 0.15) is 32.1 Å². The minimum atomic E-state index is -0.0206. The van der Waals surface area contributed by atoms with Gasteiger partial charge in [0, 0.05) is 12.1 Å². The maximum Gasteiger partial charge on any atom is 0.235 e. The van der Waals surface area contributed by atoms with Crippen molar-refractivity contribution in [2.45, 2.75) is 44.2 Å². The first kappa shape index (κ1) is 11.2. The molecule has 86 valence electrons. The monoisotopic (exact) mass is 230 g/mol. The van der Waals surface area contributed by atoms with E-state index in [2.05, 4.69) is 10.2 Å². The first-order valence-electron chi connectivity index (χ1n) is 5.90. The molecular weight excluding hydrogens is 212 g/mol. The van der Waals surface area contributed by atoms with Gasteiger partial charge in [-0.3, -0.25) is 9.69 Å². The van der Waals surface area contributed by atoms with Crippen molar-refractivity contribution in [1.29, 1.82) is 0 Å². The number of hydrogen-bond acceptors (Lipinski definition) is 2. The van der Waals surface area contributed by atoms with Crippen molar-refractivity contribution in [1.82, 2.24) is 10.2 Å². The zero-order valence-electron chi connectivity index (χ0n) is 9.04. The number of carbonyl (C=O) groups is 1. The molecular formula is C11H19ClN2O. The van der Waals surface area contributed by atoms with Gasteiger partial charge in [0.2, 0.25) is 5.91 Å². The Kier molecular flexibility index (Phi) is 3.87. The third-order valence-electron chi connectivity index (χ3n) is 3.56. The van der Waals surface area contributed by atoms with E-state index in [1.54, 1.807) is 0 Å². The molecule has 1 aliphatic heterocycles. The summed E-state index contributed by atoms with van der Waals surface area (Å²) in [7, 11) is 0. The van der Waals surface area contributed by atoms with Gasteiger partial charge in [0.25, 0.3) is 0 Å². The fourth-order valence-electron chi connectivity index (χ4n) is 2.86. The van der Waals surface area contributed by atoms with Crippen molar-refractivity contribution in [3.8, 4) is 0 Å². The average Bonchev–Trinajstić information content (AvgIpc) is 2.86. The molecule has 0 spiro atoms. The van der Waals surface area contributed by atoms with E-state index < -0.39 is 0 Å². The van der Waals surface area contributed by atoms with E-state index >= 15 is 0 Å². The summed E-state index contributed by atoms with van der Waals surface area (Å²) in [5, 5.41) is 3.04. The van der Waals surface area contributed by atoms with Crippen molar-refractivity contribution in [2.75, 3.05) is 19.0 Å². The Hall–Kier alpha value is -0.280. The molecule has 0 aromatic heterocycles. The number of carbonyl (C=O) groups excluding carboxylic acids is 1. The normalized spacial score (nSPS) is 32.1. The molecule has 1 aliphatic carbocycles. The molecule has 1 saturated heterocycles. The lowest BCUT2D eigenvalue weighted by Gasteiger charge is -2.29. The summed E-state index contributed by atoms with van der Waals surface area (Å²) in [5.41, 5.74) is 0. The van der Waals surface area contributed by atoms with E-state index in [-0.39, 0.29) is 11.8 Å². The van der Waals surface area contributed by atoms with Gasteiger partial charge in [-0.2, -0.15) is 0 Å². The molecule has 2 atom stereocenters. The number of rotatable bonds is 3. The predicted octanol–water partition coefficient (Wildman–Crippen LogP) is 1.36. The van der Waals surface area contributed by atoms with Crippen LogP contribution in [-0.4, -0.2) is 41.9 Å². The molecule has 3 nitrogen and oxygen atoms in total. The third-order valence-corrected chi connectivity index (χ3v) is 3.80. The number of alkyl halides is 1. The second kappa shape index (κ2) is 5.17. The van der Waals surface area contributed by atoms with E-state index in [0.29, 0.717) is 12.1 Å². The molecule has 15 heavy (non-hydrogen) atoms. The van der Waals surface area contributed by atoms with Crippen LogP contribution >= 0.6 is 11.6 Å². The molecule has 2 rings (SSSR count). The molecule has 2 aliphatic rings. The lowest BCUT2D eigenvalue weighted by Crippen LogP contribution is -2.48. The van der Waals surface area contributed by atoms with Crippen LogP contribution in [0.2, 0.25) is 0 Å². The summed E-state index contributed by atoms with van der Waals surface area (Å²) in [4.78, 5) is 13.8. The largest absolute Gasteiger partial charge is 0.351 e. The summed E-state index contributed by atoms with van der Waals surface area (Å²) in [6, 6.07) is 0.911. The Morgan fingerprint density at radius 2 is 2.00 bits per heavy atom. The van der Waals surface area contributed by atoms with Gasteiger partial charge in [0.1, 0.15) is 5.88 Å². The molecule has 1 amide bonds. The van der Waals surface area contributed by atoms with Crippen molar-refractivity contribution in [3.05, 3.63) is 0 Å². The van der Waals surface area contributed by atoms with Gasteiger partial charge < -0.3 is 5.32 Å². The molecule has 0 radical (unpaired) electrons. The second-order valence-electron chi connectivity index (χ2n) is 4.55. The highest BCUT2D eigenvalue weighted by Crippen LogP contribution is 2.27.